The lowest BCUT2D eigenvalue weighted by molar-refractivity contribution is -0.140. The van der Waals surface area contributed by atoms with Crippen molar-refractivity contribution >= 4 is 23.4 Å². The topological polar surface area (TPSA) is 153 Å². The number of aliphatic carboxylic acids is 1. The zero-order valence-electron chi connectivity index (χ0n) is 14.5. The van der Waals surface area contributed by atoms with E-state index in [4.69, 9.17) is 10.2 Å². The fraction of sp³-hybridized carbons (Fsp3) is 0.235. The van der Waals surface area contributed by atoms with Crippen molar-refractivity contribution in [2.24, 2.45) is 11.7 Å². The van der Waals surface area contributed by atoms with Crippen LogP contribution in [0.15, 0.2) is 35.2 Å². The number of rotatable bonds is 6. The summed E-state index contributed by atoms with van der Waals surface area (Å²) < 4.78 is 6.58. The molecule has 0 radical (unpaired) electrons. The summed E-state index contributed by atoms with van der Waals surface area (Å²) in [6.07, 6.45) is 2.67. The standard InChI is InChI=1S/C17H17N5O5/c1-8(2)12(17(25)26)21-16(24)10-6-9(11-4-3-5-27-11)20-15-13(14(18)23)19-7-22(10)15/h3-8,12H,1-2H3,(H2,18,23)(H,21,24)(H,25,26)/t12-/m1/s1. The number of nitrogens with two attached hydrogens (primary N) is 1. The molecule has 3 aromatic rings. The molecule has 0 aliphatic heterocycles. The second-order valence-electron chi connectivity index (χ2n) is 6.19. The third-order valence-electron chi connectivity index (χ3n) is 3.96. The molecule has 0 aliphatic carbocycles. The normalized spacial score (nSPS) is 12.3. The van der Waals surface area contributed by atoms with Crippen molar-refractivity contribution in [3.63, 3.8) is 0 Å². The first-order valence-electron chi connectivity index (χ1n) is 8.05. The van der Waals surface area contributed by atoms with Crippen LogP contribution in [0.25, 0.3) is 17.1 Å². The number of furan rings is 1. The van der Waals surface area contributed by atoms with Crippen molar-refractivity contribution in [1.82, 2.24) is 19.7 Å². The van der Waals surface area contributed by atoms with Crippen molar-refractivity contribution in [1.29, 1.82) is 0 Å². The Kier molecular flexibility index (Phi) is 4.63. The van der Waals surface area contributed by atoms with Gasteiger partial charge < -0.3 is 20.6 Å². The molecule has 1 atom stereocenters. The average molecular weight is 371 g/mol. The largest absolute Gasteiger partial charge is 0.480 e. The van der Waals surface area contributed by atoms with Gasteiger partial charge in [0, 0.05) is 0 Å². The smallest absolute Gasteiger partial charge is 0.326 e. The third-order valence-corrected chi connectivity index (χ3v) is 3.96. The second kappa shape index (κ2) is 6.90. The maximum Gasteiger partial charge on any atom is 0.326 e. The number of aromatic nitrogens is 3. The fourth-order valence-electron chi connectivity index (χ4n) is 2.60. The van der Waals surface area contributed by atoms with E-state index in [1.165, 1.54) is 23.1 Å². The number of nitrogens with zero attached hydrogens (tertiary/aromatic N) is 3. The van der Waals surface area contributed by atoms with E-state index >= 15 is 0 Å². The lowest BCUT2D eigenvalue weighted by atomic mass is 10.0. The van der Waals surface area contributed by atoms with Gasteiger partial charge in [-0.05, 0) is 24.1 Å². The minimum absolute atomic E-state index is 0.0401. The van der Waals surface area contributed by atoms with E-state index in [2.05, 4.69) is 15.3 Å². The molecule has 0 aromatic carbocycles. The minimum Gasteiger partial charge on any atom is -0.480 e. The van der Waals surface area contributed by atoms with E-state index in [0.717, 1.165) is 0 Å². The molecule has 0 spiro atoms. The van der Waals surface area contributed by atoms with Crippen LogP contribution in [0.1, 0.15) is 34.8 Å². The molecule has 3 heterocycles. The van der Waals surface area contributed by atoms with Crippen molar-refractivity contribution in [2.75, 3.05) is 0 Å². The van der Waals surface area contributed by atoms with E-state index < -0.39 is 23.8 Å². The molecule has 10 heteroatoms. The molecular weight excluding hydrogens is 354 g/mol. The van der Waals surface area contributed by atoms with Gasteiger partial charge in [0.2, 0.25) is 0 Å². The molecule has 0 bridgehead atoms. The zero-order valence-corrected chi connectivity index (χ0v) is 14.5. The van der Waals surface area contributed by atoms with E-state index in [0.29, 0.717) is 5.76 Å². The predicted molar refractivity (Wildman–Crippen MR) is 92.9 cm³/mol. The lowest BCUT2D eigenvalue weighted by Crippen LogP contribution is -2.44. The molecule has 140 valence electrons. The lowest BCUT2D eigenvalue weighted by Gasteiger charge is -2.18. The number of amides is 2. The van der Waals surface area contributed by atoms with E-state index in [1.807, 2.05) is 0 Å². The number of carbonyl (C=O) groups excluding carboxylic acids is 2. The highest BCUT2D eigenvalue weighted by atomic mass is 16.4. The van der Waals surface area contributed by atoms with Gasteiger partial charge in [-0.15, -0.1) is 0 Å². The average Bonchev–Trinajstić information content (AvgIpc) is 3.26. The van der Waals surface area contributed by atoms with Gasteiger partial charge in [0.25, 0.3) is 11.8 Å². The maximum atomic E-state index is 12.8. The fourth-order valence-corrected chi connectivity index (χ4v) is 2.60. The number of carboxylic acid groups (broad SMARTS) is 1. The summed E-state index contributed by atoms with van der Waals surface area (Å²) in [5.41, 5.74) is 5.59. The van der Waals surface area contributed by atoms with Gasteiger partial charge in [-0.1, -0.05) is 13.8 Å². The molecule has 0 saturated heterocycles. The second-order valence-corrected chi connectivity index (χ2v) is 6.19. The van der Waals surface area contributed by atoms with Crippen LogP contribution >= 0.6 is 0 Å². The Bertz CT molecular complexity index is 1020. The Hall–Kier alpha value is -3.69. The number of hydrogen-bond donors (Lipinski definition) is 3. The van der Waals surface area contributed by atoms with Gasteiger partial charge in [-0.2, -0.15) is 0 Å². The van der Waals surface area contributed by atoms with Gasteiger partial charge in [-0.25, -0.2) is 14.8 Å². The van der Waals surface area contributed by atoms with Crippen LogP contribution in [-0.2, 0) is 4.79 Å². The number of primary amides is 1. The van der Waals surface area contributed by atoms with Crippen molar-refractivity contribution in [3.05, 3.63) is 42.2 Å². The summed E-state index contributed by atoms with van der Waals surface area (Å²) in [5.74, 6) is -2.60. The Morgan fingerprint density at radius 2 is 2.07 bits per heavy atom. The first-order chi connectivity index (χ1) is 12.8. The predicted octanol–water partition coefficient (Wildman–Crippen LogP) is 0.927. The Morgan fingerprint density at radius 3 is 2.63 bits per heavy atom. The number of fused-ring (bicyclic) bond motifs is 1. The molecule has 0 unspecified atom stereocenters. The highest BCUT2D eigenvalue weighted by molar-refractivity contribution is 6.00. The summed E-state index contributed by atoms with van der Waals surface area (Å²) in [4.78, 5) is 44.0. The third kappa shape index (κ3) is 3.36. The van der Waals surface area contributed by atoms with Crippen molar-refractivity contribution < 1.29 is 23.9 Å². The van der Waals surface area contributed by atoms with Crippen LogP contribution in [0.2, 0.25) is 0 Å². The molecule has 10 nitrogen and oxygen atoms in total. The van der Waals surface area contributed by atoms with Gasteiger partial charge in [0.05, 0.1) is 6.26 Å². The van der Waals surface area contributed by atoms with Crippen LogP contribution in [0, 0.1) is 5.92 Å². The maximum absolute atomic E-state index is 12.8. The Balaban J connectivity index is 2.14. The van der Waals surface area contributed by atoms with Crippen LogP contribution in [0.5, 0.6) is 0 Å². The van der Waals surface area contributed by atoms with Crippen LogP contribution in [-0.4, -0.2) is 43.3 Å². The number of imidazole rings is 1. The monoisotopic (exact) mass is 371 g/mol. The molecule has 0 saturated carbocycles. The first-order valence-corrected chi connectivity index (χ1v) is 8.05. The number of carboxylic acids is 1. The molecule has 3 aromatic heterocycles. The minimum atomic E-state index is -1.15. The molecule has 27 heavy (non-hydrogen) atoms. The number of hydrogen-bond acceptors (Lipinski definition) is 6. The first kappa shape index (κ1) is 18.1. The summed E-state index contributed by atoms with van der Waals surface area (Å²) in [7, 11) is 0. The van der Waals surface area contributed by atoms with Gasteiger partial charge in [-0.3, -0.25) is 14.0 Å². The molecule has 4 N–H and O–H groups in total. The SMILES string of the molecule is CC(C)[C@@H](NC(=O)c1cc(-c2ccco2)nc2c(C(N)=O)ncn12)C(=O)O. The van der Waals surface area contributed by atoms with E-state index in [1.54, 1.807) is 26.0 Å². The molecule has 3 rings (SSSR count). The van der Waals surface area contributed by atoms with Gasteiger partial charge >= 0.3 is 5.97 Å². The summed E-state index contributed by atoms with van der Waals surface area (Å²) in [6, 6.07) is 3.61. The number of carbonyl (C=O) groups is 3. The molecular formula is C17H17N5O5. The highest BCUT2D eigenvalue weighted by Crippen LogP contribution is 2.22. The quantitative estimate of drug-likeness (QED) is 0.582. The number of nitrogens with one attached hydrogen (secondary N) is 1. The summed E-state index contributed by atoms with van der Waals surface area (Å²) in [5, 5.41) is 11.8. The van der Waals surface area contributed by atoms with Crippen LogP contribution in [0.4, 0.5) is 0 Å². The van der Waals surface area contributed by atoms with Gasteiger partial charge in [0.1, 0.15) is 23.8 Å². The van der Waals surface area contributed by atoms with E-state index in [9.17, 15) is 19.5 Å². The Morgan fingerprint density at radius 1 is 1.33 bits per heavy atom. The van der Waals surface area contributed by atoms with Crippen molar-refractivity contribution in [2.45, 2.75) is 19.9 Å². The zero-order chi connectivity index (χ0) is 19.7. The van der Waals surface area contributed by atoms with Gasteiger partial charge in [0.15, 0.2) is 17.1 Å². The molecule has 2 amide bonds. The summed E-state index contributed by atoms with van der Waals surface area (Å²) in [6.45, 7) is 3.36. The Labute approximate surface area is 153 Å². The molecule has 0 fully saturated rings. The van der Waals surface area contributed by atoms with Crippen LogP contribution in [0.3, 0.4) is 0 Å². The highest BCUT2D eigenvalue weighted by Gasteiger charge is 2.26. The van der Waals surface area contributed by atoms with E-state index in [-0.39, 0.29) is 28.6 Å². The van der Waals surface area contributed by atoms with Crippen LogP contribution < -0.4 is 11.1 Å². The summed E-state index contributed by atoms with van der Waals surface area (Å²) >= 11 is 0. The van der Waals surface area contributed by atoms with Crippen molar-refractivity contribution in [3.8, 4) is 11.5 Å². The molecule has 0 aliphatic rings.